The molecule has 0 radical (unpaired) electrons. The van der Waals surface area contributed by atoms with Crippen LogP contribution in [0.15, 0.2) is 46.9 Å². The fraction of sp³-hybridized carbons (Fsp3) is 0.143. The van der Waals surface area contributed by atoms with E-state index in [4.69, 9.17) is 23.2 Å². The predicted molar refractivity (Wildman–Crippen MR) is 77.9 cm³/mol. The molecule has 0 aromatic heterocycles. The van der Waals surface area contributed by atoms with Gasteiger partial charge in [-0.15, -0.1) is 11.6 Å². The summed E-state index contributed by atoms with van der Waals surface area (Å²) in [6.07, 6.45) is 0.447. The van der Waals surface area contributed by atoms with Crippen molar-refractivity contribution < 1.29 is 4.39 Å². The molecule has 94 valence electrons. The van der Waals surface area contributed by atoms with Gasteiger partial charge in [-0.1, -0.05) is 35.9 Å². The Morgan fingerprint density at radius 3 is 2.56 bits per heavy atom. The van der Waals surface area contributed by atoms with Crippen LogP contribution in [-0.4, -0.2) is 0 Å². The van der Waals surface area contributed by atoms with Gasteiger partial charge in [-0.25, -0.2) is 4.39 Å². The van der Waals surface area contributed by atoms with Crippen LogP contribution in [0, 0.1) is 5.82 Å². The van der Waals surface area contributed by atoms with Gasteiger partial charge in [0.1, 0.15) is 5.82 Å². The molecule has 0 saturated heterocycles. The molecule has 0 heterocycles. The smallest absolute Gasteiger partial charge is 0.126 e. The van der Waals surface area contributed by atoms with E-state index in [0.29, 0.717) is 17.0 Å². The first-order valence-corrected chi connectivity index (χ1v) is 7.01. The van der Waals surface area contributed by atoms with E-state index in [1.165, 1.54) is 6.07 Å². The van der Waals surface area contributed by atoms with Crippen LogP contribution >= 0.6 is 39.1 Å². The molecule has 0 N–H and O–H groups in total. The van der Waals surface area contributed by atoms with Gasteiger partial charge >= 0.3 is 0 Å². The number of benzene rings is 2. The highest BCUT2D eigenvalue weighted by molar-refractivity contribution is 9.10. The first-order chi connectivity index (χ1) is 8.58. The third kappa shape index (κ3) is 3.25. The van der Waals surface area contributed by atoms with Gasteiger partial charge < -0.3 is 0 Å². The lowest BCUT2D eigenvalue weighted by Gasteiger charge is -2.11. The number of rotatable bonds is 3. The van der Waals surface area contributed by atoms with Gasteiger partial charge in [-0.2, -0.15) is 0 Å². The van der Waals surface area contributed by atoms with Gasteiger partial charge in [0.15, 0.2) is 0 Å². The second-order valence-corrected chi connectivity index (χ2v) is 5.72. The summed E-state index contributed by atoms with van der Waals surface area (Å²) in [5, 5.41) is 0.351. The van der Waals surface area contributed by atoms with Gasteiger partial charge in [0.05, 0.1) is 10.4 Å². The molecule has 4 heteroatoms. The third-order valence-electron chi connectivity index (χ3n) is 2.66. The van der Waals surface area contributed by atoms with Crippen molar-refractivity contribution in [3.8, 4) is 0 Å². The summed E-state index contributed by atoms with van der Waals surface area (Å²) in [6, 6.07) is 12.2. The highest BCUT2D eigenvalue weighted by atomic mass is 79.9. The molecule has 2 rings (SSSR count). The maximum absolute atomic E-state index is 13.5. The van der Waals surface area contributed by atoms with Crippen LogP contribution in [-0.2, 0) is 6.42 Å². The topological polar surface area (TPSA) is 0 Å². The second kappa shape index (κ2) is 6.05. The first kappa shape index (κ1) is 13.9. The second-order valence-electron chi connectivity index (χ2n) is 3.94. The Morgan fingerprint density at radius 1 is 1.17 bits per heavy atom. The largest absolute Gasteiger partial charge is 0.207 e. The van der Waals surface area contributed by atoms with E-state index in [-0.39, 0.29) is 11.2 Å². The predicted octanol–water partition coefficient (Wildman–Crippen LogP) is 5.76. The van der Waals surface area contributed by atoms with Gasteiger partial charge in [-0.3, -0.25) is 0 Å². The zero-order valence-electron chi connectivity index (χ0n) is 9.34. The zero-order valence-corrected chi connectivity index (χ0v) is 12.4. The van der Waals surface area contributed by atoms with E-state index < -0.39 is 0 Å². The molecule has 1 unspecified atom stereocenters. The average molecular weight is 348 g/mol. The van der Waals surface area contributed by atoms with E-state index >= 15 is 0 Å². The molecule has 0 fully saturated rings. The van der Waals surface area contributed by atoms with E-state index in [0.717, 1.165) is 10.0 Å². The van der Waals surface area contributed by atoms with Gasteiger partial charge in [-0.05, 0) is 51.7 Å². The SMILES string of the molecule is Fc1ccccc1CC(Cl)c1ccc(Cl)c(Br)c1. The summed E-state index contributed by atoms with van der Waals surface area (Å²) >= 11 is 15.6. The standard InChI is InChI=1S/C14H10BrCl2F/c15-11-7-9(5-6-12(11)16)13(17)8-10-3-1-2-4-14(10)18/h1-7,13H,8H2. The molecule has 0 aliphatic rings. The molecular formula is C14H10BrCl2F. The van der Waals surface area contributed by atoms with Gasteiger partial charge in [0, 0.05) is 4.47 Å². The minimum atomic E-state index is -0.282. The summed E-state index contributed by atoms with van der Waals surface area (Å²) in [7, 11) is 0. The highest BCUT2D eigenvalue weighted by Gasteiger charge is 2.12. The Bertz CT molecular complexity index is 557. The van der Waals surface area contributed by atoms with Crippen molar-refractivity contribution in [2.24, 2.45) is 0 Å². The molecule has 0 saturated carbocycles. The van der Waals surface area contributed by atoms with Crippen LogP contribution in [0.3, 0.4) is 0 Å². The lowest BCUT2D eigenvalue weighted by molar-refractivity contribution is 0.607. The minimum absolute atomic E-state index is 0.226. The van der Waals surface area contributed by atoms with Gasteiger partial charge in [0.25, 0.3) is 0 Å². The fourth-order valence-electron chi connectivity index (χ4n) is 1.68. The molecule has 0 spiro atoms. The highest BCUT2D eigenvalue weighted by Crippen LogP contribution is 2.31. The minimum Gasteiger partial charge on any atom is -0.207 e. The van der Waals surface area contributed by atoms with Crippen molar-refractivity contribution in [2.75, 3.05) is 0 Å². The van der Waals surface area contributed by atoms with Crippen LogP contribution < -0.4 is 0 Å². The van der Waals surface area contributed by atoms with Crippen LogP contribution in [0.5, 0.6) is 0 Å². The van der Waals surface area contributed by atoms with Crippen molar-refractivity contribution in [1.82, 2.24) is 0 Å². The number of hydrogen-bond acceptors (Lipinski definition) is 0. The Kier molecular flexibility index (Phi) is 4.66. The molecule has 1 atom stereocenters. The molecular weight excluding hydrogens is 338 g/mol. The molecule has 0 nitrogen and oxygen atoms in total. The van der Waals surface area contributed by atoms with Gasteiger partial charge in [0.2, 0.25) is 0 Å². The monoisotopic (exact) mass is 346 g/mol. The molecule has 0 amide bonds. The number of halogens is 4. The summed E-state index contributed by atoms with van der Waals surface area (Å²) in [6.45, 7) is 0. The Balaban J connectivity index is 2.19. The van der Waals surface area contributed by atoms with Crippen LogP contribution in [0.2, 0.25) is 5.02 Å². The first-order valence-electron chi connectivity index (χ1n) is 5.40. The number of alkyl halides is 1. The molecule has 2 aromatic rings. The fourth-order valence-corrected chi connectivity index (χ4v) is 2.50. The quantitative estimate of drug-likeness (QED) is 0.619. The molecule has 18 heavy (non-hydrogen) atoms. The zero-order chi connectivity index (χ0) is 13.1. The normalized spacial score (nSPS) is 12.4. The third-order valence-corrected chi connectivity index (χ3v) is 4.28. The summed E-state index contributed by atoms with van der Waals surface area (Å²) in [4.78, 5) is 0. The van der Waals surface area contributed by atoms with Crippen LogP contribution in [0.25, 0.3) is 0 Å². The van der Waals surface area contributed by atoms with E-state index in [2.05, 4.69) is 15.9 Å². The Hall–Kier alpha value is -0.570. The van der Waals surface area contributed by atoms with Crippen molar-refractivity contribution in [3.63, 3.8) is 0 Å². The summed E-state index contributed by atoms with van der Waals surface area (Å²) in [5.41, 5.74) is 1.53. The molecule has 2 aromatic carbocycles. The van der Waals surface area contributed by atoms with E-state index in [1.807, 2.05) is 12.1 Å². The van der Waals surface area contributed by atoms with Crippen LogP contribution in [0.1, 0.15) is 16.5 Å². The van der Waals surface area contributed by atoms with E-state index in [9.17, 15) is 4.39 Å². The summed E-state index contributed by atoms with van der Waals surface area (Å²) in [5.74, 6) is -0.226. The lowest BCUT2D eigenvalue weighted by Crippen LogP contribution is -1.98. The van der Waals surface area contributed by atoms with Crippen molar-refractivity contribution in [2.45, 2.75) is 11.8 Å². The Labute approximate surface area is 124 Å². The van der Waals surface area contributed by atoms with Crippen molar-refractivity contribution in [3.05, 3.63) is 68.9 Å². The average Bonchev–Trinajstić information content (AvgIpc) is 2.35. The maximum Gasteiger partial charge on any atom is 0.126 e. The lowest BCUT2D eigenvalue weighted by atomic mass is 10.0. The van der Waals surface area contributed by atoms with Crippen molar-refractivity contribution >= 4 is 39.1 Å². The van der Waals surface area contributed by atoms with Crippen molar-refractivity contribution in [1.29, 1.82) is 0 Å². The van der Waals surface area contributed by atoms with Crippen LogP contribution in [0.4, 0.5) is 4.39 Å². The molecule has 0 aliphatic carbocycles. The number of hydrogen-bond donors (Lipinski definition) is 0. The Morgan fingerprint density at radius 2 is 1.89 bits per heavy atom. The molecule has 0 bridgehead atoms. The van der Waals surface area contributed by atoms with E-state index in [1.54, 1.807) is 24.3 Å². The maximum atomic E-state index is 13.5. The molecule has 0 aliphatic heterocycles. The summed E-state index contributed by atoms with van der Waals surface area (Å²) < 4.78 is 14.3.